The van der Waals surface area contributed by atoms with E-state index in [1.807, 2.05) is 72.8 Å². The lowest BCUT2D eigenvalue weighted by Gasteiger charge is -2.26. The Kier molecular flexibility index (Phi) is 7.04. The molecule has 0 aliphatic rings. The van der Waals surface area contributed by atoms with Crippen molar-refractivity contribution in [3.63, 3.8) is 0 Å². The van der Waals surface area contributed by atoms with Gasteiger partial charge in [0.15, 0.2) is 0 Å². The Hall–Kier alpha value is -3.12. The van der Waals surface area contributed by atoms with E-state index in [9.17, 15) is 13.2 Å². The van der Waals surface area contributed by atoms with Gasteiger partial charge in [-0.05, 0) is 34.2 Å². The van der Waals surface area contributed by atoms with Crippen LogP contribution in [0.15, 0.2) is 84.9 Å². The van der Waals surface area contributed by atoms with Crippen molar-refractivity contribution in [2.75, 3.05) is 17.1 Å². The number of nitrogens with one attached hydrogen (secondary N) is 1. The van der Waals surface area contributed by atoms with Gasteiger partial charge in [0.2, 0.25) is 15.9 Å². The van der Waals surface area contributed by atoms with Crippen LogP contribution in [0.5, 0.6) is 0 Å². The molecule has 0 unspecified atom stereocenters. The van der Waals surface area contributed by atoms with Crippen molar-refractivity contribution in [1.29, 1.82) is 0 Å². The predicted octanol–water partition coefficient (Wildman–Crippen LogP) is 4.66. The van der Waals surface area contributed by atoms with Crippen molar-refractivity contribution in [3.05, 3.63) is 102 Å². The Morgan fingerprint density at radius 3 is 1.72 bits per heavy atom. The van der Waals surface area contributed by atoms with Crippen molar-refractivity contribution in [3.8, 4) is 0 Å². The van der Waals surface area contributed by atoms with Gasteiger partial charge >= 0.3 is 0 Å². The Labute approximate surface area is 191 Å². The van der Waals surface area contributed by atoms with Crippen LogP contribution in [-0.2, 0) is 20.2 Å². The van der Waals surface area contributed by atoms with Crippen LogP contribution in [0.4, 0.5) is 5.69 Å². The monoisotopic (exact) mass is 450 g/mol. The highest BCUT2D eigenvalue weighted by Crippen LogP contribution is 2.26. The topological polar surface area (TPSA) is 66.5 Å². The van der Waals surface area contributed by atoms with Crippen molar-refractivity contribution in [2.24, 2.45) is 0 Å². The van der Waals surface area contributed by atoms with Crippen LogP contribution in [0.25, 0.3) is 0 Å². The number of rotatable bonds is 7. The number of sulfonamides is 1. The summed E-state index contributed by atoms with van der Waals surface area (Å²) in [6.07, 6.45) is 1.11. The maximum atomic E-state index is 13.0. The SMILES string of the molecule is CC(C)(C)c1ccc(N(CC(=O)NC(c2ccccc2)c2ccccc2)S(C)(=O)=O)cc1. The molecule has 0 aromatic heterocycles. The predicted molar refractivity (Wildman–Crippen MR) is 130 cm³/mol. The molecule has 3 aromatic rings. The van der Waals surface area contributed by atoms with Gasteiger partial charge in [-0.15, -0.1) is 0 Å². The summed E-state index contributed by atoms with van der Waals surface area (Å²) in [6.45, 7) is 5.98. The summed E-state index contributed by atoms with van der Waals surface area (Å²) < 4.78 is 26.2. The van der Waals surface area contributed by atoms with Crippen LogP contribution >= 0.6 is 0 Å². The van der Waals surface area contributed by atoms with E-state index in [1.54, 1.807) is 12.1 Å². The molecule has 1 N–H and O–H groups in total. The zero-order valence-corrected chi connectivity index (χ0v) is 19.8. The van der Waals surface area contributed by atoms with E-state index in [4.69, 9.17) is 0 Å². The van der Waals surface area contributed by atoms with Gasteiger partial charge in [0.25, 0.3) is 0 Å². The highest BCUT2D eigenvalue weighted by molar-refractivity contribution is 7.92. The van der Waals surface area contributed by atoms with Gasteiger partial charge in [-0.1, -0.05) is 93.6 Å². The number of anilines is 1. The van der Waals surface area contributed by atoms with Gasteiger partial charge < -0.3 is 5.32 Å². The fourth-order valence-corrected chi connectivity index (χ4v) is 4.37. The molecule has 0 fully saturated rings. The van der Waals surface area contributed by atoms with E-state index in [-0.39, 0.29) is 23.9 Å². The molecule has 0 heterocycles. The first kappa shape index (κ1) is 23.5. The number of nitrogens with zero attached hydrogens (tertiary/aromatic N) is 1. The summed E-state index contributed by atoms with van der Waals surface area (Å²) in [5.41, 5.74) is 3.35. The Bertz CT molecular complexity index is 1100. The van der Waals surface area contributed by atoms with Crippen molar-refractivity contribution >= 4 is 21.6 Å². The fraction of sp³-hybridized carbons (Fsp3) is 0.269. The van der Waals surface area contributed by atoms with Gasteiger partial charge in [0.1, 0.15) is 6.54 Å². The fourth-order valence-electron chi connectivity index (χ4n) is 3.51. The first-order valence-electron chi connectivity index (χ1n) is 10.5. The minimum atomic E-state index is -3.65. The van der Waals surface area contributed by atoms with Crippen LogP contribution in [-0.4, -0.2) is 27.1 Å². The first-order chi connectivity index (χ1) is 15.1. The summed E-state index contributed by atoms with van der Waals surface area (Å²) >= 11 is 0. The second-order valence-corrected chi connectivity index (χ2v) is 10.8. The second-order valence-electron chi connectivity index (χ2n) is 8.89. The van der Waals surface area contributed by atoms with Crippen molar-refractivity contribution in [2.45, 2.75) is 32.2 Å². The largest absolute Gasteiger partial charge is 0.344 e. The summed E-state index contributed by atoms with van der Waals surface area (Å²) in [5, 5.41) is 3.01. The Morgan fingerprint density at radius 1 is 0.844 bits per heavy atom. The molecule has 0 aliphatic heterocycles. The molecule has 32 heavy (non-hydrogen) atoms. The van der Waals surface area contributed by atoms with Gasteiger partial charge in [0, 0.05) is 0 Å². The van der Waals surface area contributed by atoms with Crippen LogP contribution in [0.2, 0.25) is 0 Å². The lowest BCUT2D eigenvalue weighted by atomic mass is 9.87. The molecule has 3 rings (SSSR count). The highest BCUT2D eigenvalue weighted by Gasteiger charge is 2.24. The smallest absolute Gasteiger partial charge is 0.241 e. The summed E-state index contributed by atoms with van der Waals surface area (Å²) in [6, 6.07) is 26.2. The van der Waals surface area contributed by atoms with Crippen molar-refractivity contribution < 1.29 is 13.2 Å². The maximum Gasteiger partial charge on any atom is 0.241 e. The zero-order valence-electron chi connectivity index (χ0n) is 18.9. The number of carbonyl (C=O) groups is 1. The number of hydrogen-bond donors (Lipinski definition) is 1. The third-order valence-electron chi connectivity index (χ3n) is 5.28. The molecule has 0 atom stereocenters. The zero-order chi connectivity index (χ0) is 23.4. The average molecular weight is 451 g/mol. The van der Waals surface area contributed by atoms with E-state index in [0.717, 1.165) is 27.3 Å². The molecule has 0 bridgehead atoms. The van der Waals surface area contributed by atoms with E-state index in [0.29, 0.717) is 5.69 Å². The van der Waals surface area contributed by atoms with Gasteiger partial charge in [-0.3, -0.25) is 9.10 Å². The van der Waals surface area contributed by atoms with Crippen LogP contribution in [0.1, 0.15) is 43.5 Å². The molecule has 0 aliphatic carbocycles. The van der Waals surface area contributed by atoms with Gasteiger partial charge in [0.05, 0.1) is 18.0 Å². The van der Waals surface area contributed by atoms with E-state index < -0.39 is 10.0 Å². The molecule has 0 saturated carbocycles. The highest BCUT2D eigenvalue weighted by atomic mass is 32.2. The summed E-state index contributed by atoms with van der Waals surface area (Å²) in [4.78, 5) is 13.0. The molecule has 6 heteroatoms. The van der Waals surface area contributed by atoms with Crippen LogP contribution in [0, 0.1) is 0 Å². The molecule has 168 valence electrons. The van der Waals surface area contributed by atoms with Crippen LogP contribution in [0.3, 0.4) is 0 Å². The van der Waals surface area contributed by atoms with Crippen molar-refractivity contribution in [1.82, 2.24) is 5.32 Å². The number of carbonyl (C=O) groups excluding carboxylic acids is 1. The van der Waals surface area contributed by atoms with E-state index >= 15 is 0 Å². The Morgan fingerprint density at radius 2 is 1.31 bits per heavy atom. The molecular weight excluding hydrogens is 420 g/mol. The average Bonchev–Trinajstić information content (AvgIpc) is 2.76. The molecular formula is C26H30N2O3S. The van der Waals surface area contributed by atoms with Gasteiger partial charge in [-0.2, -0.15) is 0 Å². The molecule has 0 spiro atoms. The van der Waals surface area contributed by atoms with Gasteiger partial charge in [-0.25, -0.2) is 8.42 Å². The molecule has 1 amide bonds. The molecule has 0 radical (unpaired) electrons. The standard InChI is InChI=1S/C26H30N2O3S/c1-26(2,3)22-15-17-23(18-16-22)28(32(4,30)31)19-24(29)27-25(20-11-7-5-8-12-20)21-13-9-6-10-14-21/h5-18,25H,19H2,1-4H3,(H,27,29). The first-order valence-corrected chi connectivity index (χ1v) is 12.4. The van der Waals surface area contributed by atoms with E-state index in [1.165, 1.54) is 0 Å². The Balaban J connectivity index is 1.86. The molecule has 0 saturated heterocycles. The lowest BCUT2D eigenvalue weighted by molar-refractivity contribution is -0.120. The third kappa shape index (κ3) is 5.98. The second kappa shape index (κ2) is 9.57. The number of benzene rings is 3. The molecule has 5 nitrogen and oxygen atoms in total. The maximum absolute atomic E-state index is 13.0. The minimum Gasteiger partial charge on any atom is -0.344 e. The summed E-state index contributed by atoms with van der Waals surface area (Å²) in [5.74, 6) is -0.381. The number of amides is 1. The lowest BCUT2D eigenvalue weighted by Crippen LogP contribution is -2.41. The minimum absolute atomic E-state index is 0.0512. The quantitative estimate of drug-likeness (QED) is 0.570. The van der Waals surface area contributed by atoms with Crippen LogP contribution < -0.4 is 9.62 Å². The normalized spacial score (nSPS) is 11.9. The summed E-state index contributed by atoms with van der Waals surface area (Å²) in [7, 11) is -3.65. The number of hydrogen-bond acceptors (Lipinski definition) is 3. The third-order valence-corrected chi connectivity index (χ3v) is 6.42. The molecule has 3 aromatic carbocycles. The van der Waals surface area contributed by atoms with E-state index in [2.05, 4.69) is 26.1 Å².